The van der Waals surface area contributed by atoms with Crippen molar-refractivity contribution in [2.45, 2.75) is 6.92 Å². The number of rotatable bonds is 3. The van der Waals surface area contributed by atoms with Gasteiger partial charge in [0.15, 0.2) is 0 Å². The van der Waals surface area contributed by atoms with E-state index in [0.29, 0.717) is 12.5 Å². The summed E-state index contributed by atoms with van der Waals surface area (Å²) in [7, 11) is 0. The van der Waals surface area contributed by atoms with Gasteiger partial charge in [0.2, 0.25) is 5.90 Å². The minimum atomic E-state index is -0.399. The molecule has 0 aliphatic rings. The first-order valence-electron chi connectivity index (χ1n) is 4.63. The molecule has 15 heavy (non-hydrogen) atoms. The minimum absolute atomic E-state index is 0.136. The van der Waals surface area contributed by atoms with Crippen molar-refractivity contribution in [1.29, 1.82) is 0 Å². The van der Waals surface area contributed by atoms with Crippen LogP contribution in [0.4, 0.5) is 0 Å². The van der Waals surface area contributed by atoms with Crippen LogP contribution in [0.3, 0.4) is 0 Å². The standard InChI is InChI=1S/C11H12ClNO2/c1-2-15-11(13-10(14)8-12)9-6-4-3-5-7-9/h3-7H,2,8H2,1H3. The Morgan fingerprint density at radius 2 is 2.07 bits per heavy atom. The van der Waals surface area contributed by atoms with E-state index >= 15 is 0 Å². The highest BCUT2D eigenvalue weighted by atomic mass is 35.5. The van der Waals surface area contributed by atoms with E-state index in [9.17, 15) is 4.79 Å². The second-order valence-corrected chi connectivity index (χ2v) is 3.01. The average Bonchev–Trinajstić information content (AvgIpc) is 2.29. The van der Waals surface area contributed by atoms with Gasteiger partial charge in [-0.1, -0.05) is 18.2 Å². The molecule has 80 valence electrons. The average molecular weight is 226 g/mol. The fourth-order valence-corrected chi connectivity index (χ4v) is 1.10. The third-order valence-electron chi connectivity index (χ3n) is 1.64. The number of carbonyl (C=O) groups is 1. The number of halogens is 1. The SMILES string of the molecule is CCOC(=NC(=O)CCl)c1ccccc1. The molecular weight excluding hydrogens is 214 g/mol. The summed E-state index contributed by atoms with van der Waals surface area (Å²) >= 11 is 5.37. The fourth-order valence-electron chi connectivity index (χ4n) is 1.04. The monoisotopic (exact) mass is 225 g/mol. The minimum Gasteiger partial charge on any atom is -0.477 e. The molecule has 0 atom stereocenters. The van der Waals surface area contributed by atoms with Gasteiger partial charge in [0, 0.05) is 5.56 Å². The van der Waals surface area contributed by atoms with E-state index in [0.717, 1.165) is 5.56 Å². The lowest BCUT2D eigenvalue weighted by Gasteiger charge is -2.06. The topological polar surface area (TPSA) is 38.7 Å². The number of carbonyl (C=O) groups excluding carboxylic acids is 1. The third-order valence-corrected chi connectivity index (χ3v) is 1.87. The first-order valence-corrected chi connectivity index (χ1v) is 5.17. The number of hydrogen-bond acceptors (Lipinski definition) is 2. The molecule has 1 rings (SSSR count). The van der Waals surface area contributed by atoms with Gasteiger partial charge in [-0.3, -0.25) is 4.79 Å². The summed E-state index contributed by atoms with van der Waals surface area (Å²) in [6.07, 6.45) is 0. The van der Waals surface area contributed by atoms with E-state index in [2.05, 4.69) is 4.99 Å². The molecule has 4 heteroatoms. The van der Waals surface area contributed by atoms with Gasteiger partial charge in [-0.05, 0) is 19.1 Å². The van der Waals surface area contributed by atoms with Crippen LogP contribution in [0.15, 0.2) is 35.3 Å². The van der Waals surface area contributed by atoms with Crippen molar-refractivity contribution in [2.24, 2.45) is 4.99 Å². The molecular formula is C11H12ClNO2. The molecule has 0 radical (unpaired) electrons. The van der Waals surface area contributed by atoms with Crippen molar-refractivity contribution in [3.63, 3.8) is 0 Å². The second kappa shape index (κ2) is 6.19. The Kier molecular flexibility index (Phi) is 4.84. The molecule has 3 nitrogen and oxygen atoms in total. The highest BCUT2D eigenvalue weighted by molar-refractivity contribution is 6.28. The summed E-state index contributed by atoms with van der Waals surface area (Å²) in [5.74, 6) is -0.212. The van der Waals surface area contributed by atoms with Crippen molar-refractivity contribution < 1.29 is 9.53 Å². The maximum Gasteiger partial charge on any atom is 0.263 e. The Morgan fingerprint density at radius 1 is 1.40 bits per heavy atom. The number of alkyl halides is 1. The molecule has 0 saturated heterocycles. The molecule has 1 aromatic rings. The smallest absolute Gasteiger partial charge is 0.263 e. The Balaban J connectivity index is 2.93. The molecule has 0 N–H and O–H groups in total. The van der Waals surface area contributed by atoms with Gasteiger partial charge in [0.25, 0.3) is 5.91 Å². The van der Waals surface area contributed by atoms with Crippen LogP contribution in [0.25, 0.3) is 0 Å². The second-order valence-electron chi connectivity index (χ2n) is 2.74. The molecule has 0 saturated carbocycles. The van der Waals surface area contributed by atoms with E-state index in [-0.39, 0.29) is 5.88 Å². The first kappa shape index (κ1) is 11.7. The van der Waals surface area contributed by atoms with Gasteiger partial charge < -0.3 is 4.74 Å². The lowest BCUT2D eigenvalue weighted by Crippen LogP contribution is -2.10. The van der Waals surface area contributed by atoms with Crippen LogP contribution in [-0.2, 0) is 9.53 Å². The predicted octanol–water partition coefficient (Wildman–Crippen LogP) is 2.24. The van der Waals surface area contributed by atoms with E-state index in [1.54, 1.807) is 0 Å². The van der Waals surface area contributed by atoms with Gasteiger partial charge in [0.05, 0.1) is 6.61 Å². The Morgan fingerprint density at radius 3 is 2.60 bits per heavy atom. The highest BCUT2D eigenvalue weighted by Gasteiger charge is 2.06. The number of aliphatic imine (C=N–C) groups is 1. The Labute approximate surface area is 93.7 Å². The van der Waals surface area contributed by atoms with Crippen LogP contribution in [0.5, 0.6) is 0 Å². The van der Waals surface area contributed by atoms with E-state index in [1.165, 1.54) is 0 Å². The fraction of sp³-hybridized carbons (Fsp3) is 0.273. The zero-order chi connectivity index (χ0) is 11.1. The predicted molar refractivity (Wildman–Crippen MR) is 60.3 cm³/mol. The molecule has 0 aliphatic heterocycles. The van der Waals surface area contributed by atoms with Gasteiger partial charge >= 0.3 is 0 Å². The highest BCUT2D eigenvalue weighted by Crippen LogP contribution is 2.03. The molecule has 0 heterocycles. The lowest BCUT2D eigenvalue weighted by atomic mass is 10.2. The largest absolute Gasteiger partial charge is 0.477 e. The van der Waals surface area contributed by atoms with Crippen LogP contribution < -0.4 is 0 Å². The maximum absolute atomic E-state index is 11.1. The third kappa shape index (κ3) is 3.72. The van der Waals surface area contributed by atoms with Gasteiger partial charge in [-0.2, -0.15) is 4.99 Å². The van der Waals surface area contributed by atoms with Crippen molar-refractivity contribution in [1.82, 2.24) is 0 Å². The maximum atomic E-state index is 11.1. The first-order chi connectivity index (χ1) is 7.27. The van der Waals surface area contributed by atoms with Gasteiger partial charge in [0.1, 0.15) is 5.88 Å². The van der Waals surface area contributed by atoms with Crippen LogP contribution in [0.2, 0.25) is 0 Å². The van der Waals surface area contributed by atoms with E-state index < -0.39 is 5.91 Å². The number of amides is 1. The summed E-state index contributed by atoms with van der Waals surface area (Å²) < 4.78 is 5.27. The van der Waals surface area contributed by atoms with Crippen LogP contribution in [0, 0.1) is 0 Å². The zero-order valence-corrected chi connectivity index (χ0v) is 9.20. The molecule has 0 fully saturated rings. The molecule has 1 aromatic carbocycles. The van der Waals surface area contributed by atoms with Gasteiger partial charge in [-0.25, -0.2) is 0 Å². The normalized spacial score (nSPS) is 11.2. The number of hydrogen-bond donors (Lipinski definition) is 0. The van der Waals surface area contributed by atoms with Crippen molar-refractivity contribution in [3.8, 4) is 0 Å². The van der Waals surface area contributed by atoms with Gasteiger partial charge in [-0.15, -0.1) is 11.6 Å². The quantitative estimate of drug-likeness (QED) is 0.450. The molecule has 1 amide bonds. The Hall–Kier alpha value is -1.35. The van der Waals surface area contributed by atoms with Crippen LogP contribution in [0.1, 0.15) is 12.5 Å². The van der Waals surface area contributed by atoms with Crippen LogP contribution in [-0.4, -0.2) is 24.3 Å². The summed E-state index contributed by atoms with van der Waals surface area (Å²) in [6.45, 7) is 2.30. The summed E-state index contributed by atoms with van der Waals surface area (Å²) in [4.78, 5) is 14.8. The van der Waals surface area contributed by atoms with Crippen molar-refractivity contribution in [2.75, 3.05) is 12.5 Å². The molecule has 0 aliphatic carbocycles. The van der Waals surface area contributed by atoms with Crippen molar-refractivity contribution >= 4 is 23.4 Å². The van der Waals surface area contributed by atoms with E-state index in [1.807, 2.05) is 37.3 Å². The number of ether oxygens (including phenoxy) is 1. The summed E-state index contributed by atoms with van der Waals surface area (Å²) in [6, 6.07) is 9.26. The molecule has 0 spiro atoms. The summed E-state index contributed by atoms with van der Waals surface area (Å²) in [5.41, 5.74) is 0.776. The zero-order valence-electron chi connectivity index (χ0n) is 8.44. The van der Waals surface area contributed by atoms with E-state index in [4.69, 9.17) is 16.3 Å². The molecule has 0 unspecified atom stereocenters. The lowest BCUT2D eigenvalue weighted by molar-refractivity contribution is -0.115. The van der Waals surface area contributed by atoms with Crippen molar-refractivity contribution in [3.05, 3.63) is 35.9 Å². The molecule has 0 bridgehead atoms. The number of nitrogens with zero attached hydrogens (tertiary/aromatic N) is 1. The van der Waals surface area contributed by atoms with Crippen LogP contribution >= 0.6 is 11.6 Å². The number of benzene rings is 1. The summed E-state index contributed by atoms with van der Waals surface area (Å²) in [5, 5.41) is 0. The Bertz CT molecular complexity index is 349. The molecule has 0 aromatic heterocycles.